The lowest BCUT2D eigenvalue weighted by Crippen LogP contribution is -2.40. The van der Waals surface area contributed by atoms with E-state index in [2.05, 4.69) is 4.57 Å². The molecule has 0 saturated carbocycles. The summed E-state index contributed by atoms with van der Waals surface area (Å²) < 4.78 is 2.16. The van der Waals surface area contributed by atoms with Crippen LogP contribution in [-0.2, 0) is 6.54 Å². The Hall–Kier alpha value is -1.94. The summed E-state index contributed by atoms with van der Waals surface area (Å²) in [4.78, 5) is 14.4. The van der Waals surface area contributed by atoms with Crippen molar-refractivity contribution < 1.29 is 9.90 Å². The maximum Gasteiger partial charge on any atom is 0.254 e. The first-order valence-electron chi connectivity index (χ1n) is 6.52. The van der Waals surface area contributed by atoms with Gasteiger partial charge in [0.05, 0.1) is 11.1 Å². The van der Waals surface area contributed by atoms with Gasteiger partial charge >= 0.3 is 0 Å². The molecule has 0 aliphatic carbocycles. The molecule has 1 aliphatic heterocycles. The summed E-state index contributed by atoms with van der Waals surface area (Å²) in [5.41, 5.74) is 1.63. The molecule has 5 heteroatoms. The van der Waals surface area contributed by atoms with Crippen molar-refractivity contribution in [3.63, 3.8) is 0 Å². The van der Waals surface area contributed by atoms with Gasteiger partial charge in [-0.2, -0.15) is 0 Å². The summed E-state index contributed by atoms with van der Waals surface area (Å²) >= 11 is 5.87. The molecule has 0 radical (unpaired) electrons. The lowest BCUT2D eigenvalue weighted by atomic mass is 10.1. The number of hydrogen-bond donors (Lipinski definition) is 1. The van der Waals surface area contributed by atoms with Crippen LogP contribution < -0.4 is 0 Å². The number of carbonyl (C=O) groups excluding carboxylic acids is 1. The van der Waals surface area contributed by atoms with Crippen LogP contribution in [0.25, 0.3) is 0 Å². The molecule has 2 heterocycles. The highest BCUT2D eigenvalue weighted by Crippen LogP contribution is 2.29. The van der Waals surface area contributed by atoms with Crippen LogP contribution in [0.5, 0.6) is 5.75 Å². The van der Waals surface area contributed by atoms with Gasteiger partial charge in [-0.05, 0) is 37.3 Å². The van der Waals surface area contributed by atoms with E-state index in [1.807, 2.05) is 30.2 Å². The van der Waals surface area contributed by atoms with Crippen LogP contribution in [0.1, 0.15) is 29.0 Å². The van der Waals surface area contributed by atoms with E-state index in [4.69, 9.17) is 11.6 Å². The van der Waals surface area contributed by atoms with E-state index in [9.17, 15) is 9.90 Å². The largest absolute Gasteiger partial charge is 0.506 e. The SMILES string of the molecule is CC1c2cccn2CCN1C(=O)c1ccc(O)c(Cl)c1. The molecule has 0 bridgehead atoms. The molecule has 1 aliphatic rings. The van der Waals surface area contributed by atoms with Gasteiger partial charge in [0, 0.05) is 30.5 Å². The zero-order valence-electron chi connectivity index (χ0n) is 11.1. The van der Waals surface area contributed by atoms with Crippen molar-refractivity contribution >= 4 is 17.5 Å². The van der Waals surface area contributed by atoms with E-state index in [0.717, 1.165) is 12.2 Å². The highest BCUT2D eigenvalue weighted by Gasteiger charge is 2.28. The van der Waals surface area contributed by atoms with Crippen LogP contribution in [-0.4, -0.2) is 27.0 Å². The van der Waals surface area contributed by atoms with Gasteiger partial charge in [-0.15, -0.1) is 0 Å². The van der Waals surface area contributed by atoms with Crippen molar-refractivity contribution in [1.82, 2.24) is 9.47 Å². The molecule has 1 amide bonds. The van der Waals surface area contributed by atoms with Gasteiger partial charge in [0.1, 0.15) is 5.75 Å². The van der Waals surface area contributed by atoms with Gasteiger partial charge in [0.25, 0.3) is 5.91 Å². The zero-order valence-corrected chi connectivity index (χ0v) is 11.8. The Bertz CT molecular complexity index is 666. The van der Waals surface area contributed by atoms with E-state index in [0.29, 0.717) is 12.1 Å². The minimum atomic E-state index is -0.0631. The number of phenols is 1. The highest BCUT2D eigenvalue weighted by atomic mass is 35.5. The second kappa shape index (κ2) is 4.87. The summed E-state index contributed by atoms with van der Waals surface area (Å²) in [6.07, 6.45) is 2.03. The lowest BCUT2D eigenvalue weighted by Gasteiger charge is -2.35. The van der Waals surface area contributed by atoms with Crippen molar-refractivity contribution in [2.45, 2.75) is 19.5 Å². The first-order chi connectivity index (χ1) is 9.58. The average Bonchev–Trinajstić information content (AvgIpc) is 2.91. The number of rotatable bonds is 1. The van der Waals surface area contributed by atoms with E-state index < -0.39 is 0 Å². The standard InChI is InChI=1S/C15H15ClN2O2/c1-10-13-3-2-6-17(13)7-8-18(10)15(20)11-4-5-14(19)12(16)9-11/h2-6,9-10,19H,7-8H2,1H3. The fourth-order valence-electron chi connectivity index (χ4n) is 2.66. The summed E-state index contributed by atoms with van der Waals surface area (Å²) in [6.45, 7) is 3.48. The third-order valence-corrected chi connectivity index (χ3v) is 4.10. The van der Waals surface area contributed by atoms with E-state index >= 15 is 0 Å². The highest BCUT2D eigenvalue weighted by molar-refractivity contribution is 6.32. The van der Waals surface area contributed by atoms with Gasteiger partial charge in [0.2, 0.25) is 0 Å². The number of aromatic hydroxyl groups is 1. The molecule has 1 N–H and O–H groups in total. The molecule has 3 rings (SSSR count). The van der Waals surface area contributed by atoms with Gasteiger partial charge in [0.15, 0.2) is 0 Å². The Labute approximate surface area is 122 Å². The van der Waals surface area contributed by atoms with Crippen molar-refractivity contribution in [3.05, 3.63) is 52.8 Å². The fourth-order valence-corrected chi connectivity index (χ4v) is 2.84. The van der Waals surface area contributed by atoms with Crippen molar-refractivity contribution in [3.8, 4) is 5.75 Å². The smallest absolute Gasteiger partial charge is 0.254 e. The van der Waals surface area contributed by atoms with Crippen LogP contribution in [0.15, 0.2) is 36.5 Å². The monoisotopic (exact) mass is 290 g/mol. The Morgan fingerprint density at radius 1 is 1.35 bits per heavy atom. The molecule has 1 aromatic heterocycles. The molecule has 4 nitrogen and oxygen atoms in total. The number of aromatic nitrogens is 1. The third kappa shape index (κ3) is 2.06. The number of carbonyl (C=O) groups is 1. The number of amides is 1. The van der Waals surface area contributed by atoms with Crippen molar-refractivity contribution in [1.29, 1.82) is 0 Å². The van der Waals surface area contributed by atoms with Gasteiger partial charge < -0.3 is 14.6 Å². The predicted molar refractivity (Wildman–Crippen MR) is 77.0 cm³/mol. The maximum absolute atomic E-state index is 12.6. The normalized spacial score (nSPS) is 17.9. The quantitative estimate of drug-likeness (QED) is 0.877. The summed E-state index contributed by atoms with van der Waals surface area (Å²) in [6, 6.07) is 8.63. The topological polar surface area (TPSA) is 45.5 Å². The number of halogens is 1. The van der Waals surface area contributed by atoms with Crippen LogP contribution >= 0.6 is 11.6 Å². The molecular formula is C15H15ClN2O2. The van der Waals surface area contributed by atoms with Gasteiger partial charge in [-0.25, -0.2) is 0 Å². The molecular weight excluding hydrogens is 276 g/mol. The summed E-state index contributed by atoms with van der Waals surface area (Å²) in [7, 11) is 0. The molecule has 104 valence electrons. The van der Waals surface area contributed by atoms with Crippen LogP contribution in [0.2, 0.25) is 5.02 Å². The van der Waals surface area contributed by atoms with Gasteiger partial charge in [-0.3, -0.25) is 4.79 Å². The number of phenolic OH excluding ortho intramolecular Hbond substituents is 1. The van der Waals surface area contributed by atoms with E-state index in [1.54, 1.807) is 6.07 Å². The number of nitrogens with zero attached hydrogens (tertiary/aromatic N) is 2. The van der Waals surface area contributed by atoms with Crippen molar-refractivity contribution in [2.75, 3.05) is 6.54 Å². The Kier molecular flexibility index (Phi) is 3.18. The zero-order chi connectivity index (χ0) is 14.3. The number of benzene rings is 1. The number of fused-ring (bicyclic) bond motifs is 1. The summed E-state index contributed by atoms with van der Waals surface area (Å²) in [5.74, 6) is -0.0735. The second-order valence-corrected chi connectivity index (χ2v) is 5.37. The first kappa shape index (κ1) is 13.1. The Morgan fingerprint density at radius 3 is 2.90 bits per heavy atom. The molecule has 0 spiro atoms. The van der Waals surface area contributed by atoms with Gasteiger partial charge in [-0.1, -0.05) is 11.6 Å². The summed E-state index contributed by atoms with van der Waals surface area (Å²) in [5, 5.41) is 9.63. The fraction of sp³-hybridized carbons (Fsp3) is 0.267. The average molecular weight is 291 g/mol. The molecule has 0 saturated heterocycles. The molecule has 2 aromatic rings. The minimum Gasteiger partial charge on any atom is -0.506 e. The predicted octanol–water partition coefficient (Wildman–Crippen LogP) is 3.06. The number of hydrogen-bond acceptors (Lipinski definition) is 2. The molecule has 1 aromatic carbocycles. The van der Waals surface area contributed by atoms with E-state index in [-0.39, 0.29) is 22.7 Å². The maximum atomic E-state index is 12.6. The molecule has 20 heavy (non-hydrogen) atoms. The molecule has 1 unspecified atom stereocenters. The van der Waals surface area contributed by atoms with Crippen LogP contribution in [0, 0.1) is 0 Å². The minimum absolute atomic E-state index is 0.0104. The van der Waals surface area contributed by atoms with Crippen LogP contribution in [0.3, 0.4) is 0 Å². The second-order valence-electron chi connectivity index (χ2n) is 4.97. The first-order valence-corrected chi connectivity index (χ1v) is 6.90. The van der Waals surface area contributed by atoms with Crippen molar-refractivity contribution in [2.24, 2.45) is 0 Å². The van der Waals surface area contributed by atoms with E-state index in [1.165, 1.54) is 12.1 Å². The molecule has 0 fully saturated rings. The third-order valence-electron chi connectivity index (χ3n) is 3.80. The Morgan fingerprint density at radius 2 is 2.15 bits per heavy atom. The van der Waals surface area contributed by atoms with Crippen LogP contribution in [0.4, 0.5) is 0 Å². The molecule has 1 atom stereocenters. The Balaban J connectivity index is 1.90. The lowest BCUT2D eigenvalue weighted by molar-refractivity contribution is 0.0644.